The molecule has 0 aliphatic carbocycles. The highest BCUT2D eigenvalue weighted by Crippen LogP contribution is 2.20. The molecule has 3 aromatic rings. The number of nitrogens with one attached hydrogen (secondary N) is 1. The summed E-state index contributed by atoms with van der Waals surface area (Å²) < 4.78 is 1.76. The third kappa shape index (κ3) is 4.16. The lowest BCUT2D eigenvalue weighted by atomic mass is 9.97. The lowest BCUT2D eigenvalue weighted by molar-refractivity contribution is 0.0671. The van der Waals surface area contributed by atoms with Gasteiger partial charge in [0.05, 0.1) is 11.8 Å². The molecule has 2 amide bonds. The molecule has 6 heteroatoms. The first-order valence-corrected chi connectivity index (χ1v) is 10.2. The van der Waals surface area contributed by atoms with Gasteiger partial charge in [-0.3, -0.25) is 14.3 Å². The quantitative estimate of drug-likeness (QED) is 0.727. The van der Waals surface area contributed by atoms with E-state index in [-0.39, 0.29) is 17.7 Å². The van der Waals surface area contributed by atoms with Crippen LogP contribution in [0.2, 0.25) is 0 Å². The highest BCUT2D eigenvalue weighted by molar-refractivity contribution is 6.07. The van der Waals surface area contributed by atoms with Crippen LogP contribution in [0.15, 0.2) is 54.9 Å². The Balaban J connectivity index is 1.38. The molecule has 0 bridgehead atoms. The van der Waals surface area contributed by atoms with Crippen molar-refractivity contribution >= 4 is 22.6 Å². The van der Waals surface area contributed by atoms with Crippen LogP contribution in [0.3, 0.4) is 0 Å². The van der Waals surface area contributed by atoms with Gasteiger partial charge in [-0.25, -0.2) is 0 Å². The molecule has 4 rings (SSSR count). The van der Waals surface area contributed by atoms with E-state index in [1.807, 2.05) is 54.3 Å². The summed E-state index contributed by atoms with van der Waals surface area (Å²) in [6.45, 7) is 4.73. The molecule has 0 radical (unpaired) electrons. The van der Waals surface area contributed by atoms with Crippen molar-refractivity contribution in [3.05, 3.63) is 66.0 Å². The van der Waals surface area contributed by atoms with Crippen LogP contribution in [-0.2, 0) is 6.54 Å². The number of amides is 2. The smallest absolute Gasteiger partial charge is 0.257 e. The number of hydrogen-bond acceptors (Lipinski definition) is 3. The van der Waals surface area contributed by atoms with Gasteiger partial charge in [-0.1, -0.05) is 36.4 Å². The number of carbonyl (C=O) groups excluding carboxylic acids is 2. The maximum atomic E-state index is 12.8. The number of aryl methyl sites for hydroxylation is 1. The summed E-state index contributed by atoms with van der Waals surface area (Å²) in [5.74, 6) is 0.220. The number of piperidine rings is 1. The van der Waals surface area contributed by atoms with Crippen molar-refractivity contribution < 1.29 is 9.59 Å². The molecule has 1 saturated heterocycles. The van der Waals surface area contributed by atoms with Gasteiger partial charge in [0.1, 0.15) is 0 Å². The fourth-order valence-corrected chi connectivity index (χ4v) is 4.00. The predicted molar refractivity (Wildman–Crippen MR) is 113 cm³/mol. The summed E-state index contributed by atoms with van der Waals surface area (Å²) in [5.41, 5.74) is 1.33. The summed E-state index contributed by atoms with van der Waals surface area (Å²) >= 11 is 0. The fourth-order valence-electron chi connectivity index (χ4n) is 4.00. The number of aromatic nitrogens is 2. The monoisotopic (exact) mass is 390 g/mol. The number of benzene rings is 2. The molecule has 1 fully saturated rings. The molecule has 0 spiro atoms. The zero-order chi connectivity index (χ0) is 20.2. The Morgan fingerprint density at radius 3 is 2.83 bits per heavy atom. The van der Waals surface area contributed by atoms with Crippen LogP contribution in [-0.4, -0.2) is 46.1 Å². The van der Waals surface area contributed by atoms with E-state index in [0.717, 1.165) is 36.7 Å². The second kappa shape index (κ2) is 8.47. The molecule has 1 aliphatic heterocycles. The molecule has 6 nitrogen and oxygen atoms in total. The molecule has 2 heterocycles. The summed E-state index contributed by atoms with van der Waals surface area (Å²) in [5, 5.41) is 9.30. The zero-order valence-corrected chi connectivity index (χ0v) is 16.7. The van der Waals surface area contributed by atoms with Crippen molar-refractivity contribution in [2.24, 2.45) is 5.92 Å². The highest BCUT2D eigenvalue weighted by Gasteiger charge is 2.25. The zero-order valence-electron chi connectivity index (χ0n) is 16.7. The normalized spacial score (nSPS) is 16.7. The summed E-state index contributed by atoms with van der Waals surface area (Å²) in [4.78, 5) is 27.4. The summed E-state index contributed by atoms with van der Waals surface area (Å²) in [6, 6.07) is 13.7. The van der Waals surface area contributed by atoms with E-state index in [0.29, 0.717) is 24.2 Å². The number of fused-ring (bicyclic) bond motifs is 1. The van der Waals surface area contributed by atoms with Gasteiger partial charge in [0, 0.05) is 37.9 Å². The third-order valence-corrected chi connectivity index (χ3v) is 5.60. The van der Waals surface area contributed by atoms with Gasteiger partial charge in [-0.05, 0) is 42.5 Å². The first-order valence-electron chi connectivity index (χ1n) is 10.2. The second-order valence-corrected chi connectivity index (χ2v) is 7.58. The van der Waals surface area contributed by atoms with Crippen molar-refractivity contribution in [3.63, 3.8) is 0 Å². The molecule has 1 N–H and O–H groups in total. The minimum atomic E-state index is -0.0607. The standard InChI is InChI=1S/C23H26N4O2/c1-2-27-16-19(14-25-27)23(29)26-12-6-7-17(15-26)13-24-22(28)21-11-5-9-18-8-3-4-10-20(18)21/h3-5,8-11,14,16-17H,2,6-7,12-13,15H2,1H3,(H,24,28). The van der Waals surface area contributed by atoms with Crippen molar-refractivity contribution in [3.8, 4) is 0 Å². The minimum Gasteiger partial charge on any atom is -0.352 e. The predicted octanol–water partition coefficient (Wildman–Crippen LogP) is 3.34. The SMILES string of the molecule is CCn1cc(C(=O)N2CCCC(CNC(=O)c3cccc4ccccc34)C2)cn1. The fraction of sp³-hybridized carbons (Fsp3) is 0.348. The third-order valence-electron chi connectivity index (χ3n) is 5.60. The lowest BCUT2D eigenvalue weighted by Gasteiger charge is -2.32. The Kier molecular flexibility index (Phi) is 5.60. The first kappa shape index (κ1) is 19.2. The average molecular weight is 390 g/mol. The van der Waals surface area contributed by atoms with Gasteiger partial charge in [0.2, 0.25) is 0 Å². The van der Waals surface area contributed by atoms with E-state index in [4.69, 9.17) is 0 Å². The molecular formula is C23H26N4O2. The number of nitrogens with zero attached hydrogens (tertiary/aromatic N) is 3. The summed E-state index contributed by atoms with van der Waals surface area (Å²) in [7, 11) is 0. The maximum absolute atomic E-state index is 12.8. The van der Waals surface area contributed by atoms with Gasteiger partial charge in [-0.15, -0.1) is 0 Å². The van der Waals surface area contributed by atoms with Crippen LogP contribution in [0.1, 0.15) is 40.5 Å². The number of likely N-dealkylation sites (tertiary alicyclic amines) is 1. The maximum Gasteiger partial charge on any atom is 0.257 e. The Morgan fingerprint density at radius 1 is 1.17 bits per heavy atom. The van der Waals surface area contributed by atoms with Gasteiger partial charge in [0.15, 0.2) is 0 Å². The van der Waals surface area contributed by atoms with Crippen LogP contribution in [0, 0.1) is 5.92 Å². The van der Waals surface area contributed by atoms with E-state index >= 15 is 0 Å². The number of rotatable bonds is 5. The number of hydrogen-bond donors (Lipinski definition) is 1. The van der Waals surface area contributed by atoms with Crippen molar-refractivity contribution in [1.82, 2.24) is 20.0 Å². The van der Waals surface area contributed by atoms with E-state index in [9.17, 15) is 9.59 Å². The van der Waals surface area contributed by atoms with E-state index in [1.54, 1.807) is 17.1 Å². The Bertz CT molecular complexity index is 1020. The molecular weight excluding hydrogens is 364 g/mol. The van der Waals surface area contributed by atoms with Crippen molar-refractivity contribution in [2.45, 2.75) is 26.3 Å². The number of carbonyl (C=O) groups is 2. The van der Waals surface area contributed by atoms with Crippen molar-refractivity contribution in [1.29, 1.82) is 0 Å². The molecule has 29 heavy (non-hydrogen) atoms. The molecule has 1 atom stereocenters. The summed E-state index contributed by atoms with van der Waals surface area (Å²) in [6.07, 6.45) is 5.39. The molecule has 150 valence electrons. The van der Waals surface area contributed by atoms with Crippen molar-refractivity contribution in [2.75, 3.05) is 19.6 Å². The van der Waals surface area contributed by atoms with Crippen LogP contribution >= 0.6 is 0 Å². The molecule has 1 aromatic heterocycles. The Hall–Kier alpha value is -3.15. The van der Waals surface area contributed by atoms with Gasteiger partial charge in [-0.2, -0.15) is 5.10 Å². The van der Waals surface area contributed by atoms with Crippen LogP contribution in [0.25, 0.3) is 10.8 Å². The van der Waals surface area contributed by atoms with Gasteiger partial charge >= 0.3 is 0 Å². The largest absolute Gasteiger partial charge is 0.352 e. The first-order chi connectivity index (χ1) is 14.2. The molecule has 1 unspecified atom stereocenters. The van der Waals surface area contributed by atoms with Crippen LogP contribution in [0.5, 0.6) is 0 Å². The average Bonchev–Trinajstić information content (AvgIpc) is 3.26. The second-order valence-electron chi connectivity index (χ2n) is 7.58. The van der Waals surface area contributed by atoms with Gasteiger partial charge < -0.3 is 10.2 Å². The van der Waals surface area contributed by atoms with E-state index in [1.165, 1.54) is 0 Å². The lowest BCUT2D eigenvalue weighted by Crippen LogP contribution is -2.43. The Labute approximate surface area is 170 Å². The van der Waals surface area contributed by atoms with Crippen LogP contribution in [0.4, 0.5) is 0 Å². The molecule has 0 saturated carbocycles. The van der Waals surface area contributed by atoms with E-state index < -0.39 is 0 Å². The molecule has 1 aliphatic rings. The van der Waals surface area contributed by atoms with Crippen LogP contribution < -0.4 is 5.32 Å². The minimum absolute atomic E-state index is 0.0229. The van der Waals surface area contributed by atoms with Gasteiger partial charge in [0.25, 0.3) is 11.8 Å². The molecule has 2 aromatic carbocycles. The van der Waals surface area contributed by atoms with E-state index in [2.05, 4.69) is 10.4 Å². The highest BCUT2D eigenvalue weighted by atomic mass is 16.2. The Morgan fingerprint density at radius 2 is 2.00 bits per heavy atom. The topological polar surface area (TPSA) is 67.2 Å².